The summed E-state index contributed by atoms with van der Waals surface area (Å²) in [6, 6.07) is 5.82. The van der Waals surface area contributed by atoms with Crippen molar-refractivity contribution in [2.75, 3.05) is 31.1 Å². The molecule has 104 valence electrons. The van der Waals surface area contributed by atoms with Crippen molar-refractivity contribution in [1.82, 2.24) is 10.1 Å². The van der Waals surface area contributed by atoms with Crippen molar-refractivity contribution in [3.8, 4) is 0 Å². The Labute approximate surface area is 115 Å². The summed E-state index contributed by atoms with van der Waals surface area (Å²) in [6.45, 7) is 5.95. The van der Waals surface area contributed by atoms with E-state index in [0.29, 0.717) is 26.2 Å². The summed E-state index contributed by atoms with van der Waals surface area (Å²) in [5.74, 6) is 0.772. The molecule has 2 aromatic rings. The van der Waals surface area contributed by atoms with Crippen molar-refractivity contribution in [2.24, 2.45) is 0 Å². The fourth-order valence-corrected chi connectivity index (χ4v) is 2.47. The van der Waals surface area contributed by atoms with E-state index in [4.69, 9.17) is 9.63 Å². The van der Waals surface area contributed by atoms with E-state index in [9.17, 15) is 4.79 Å². The Hall–Kier alpha value is -2.50. The minimum absolute atomic E-state index is 0.477. The van der Waals surface area contributed by atoms with E-state index in [-0.39, 0.29) is 0 Å². The molecule has 1 aliphatic rings. The number of benzene rings is 1. The third kappa shape index (κ3) is 1.99. The molecule has 6 nitrogen and oxygen atoms in total. The third-order valence-corrected chi connectivity index (χ3v) is 3.58. The lowest BCUT2D eigenvalue weighted by atomic mass is 10.1. The Kier molecular flexibility index (Phi) is 3.06. The molecule has 0 atom stereocenters. The zero-order chi connectivity index (χ0) is 14.1. The molecule has 1 aromatic carbocycles. The fraction of sp³-hybridized carbons (Fsp3) is 0.286. The number of aromatic nitrogens is 1. The SMILES string of the molecule is C=Cc1cccc2c(N3CCN(C(=O)O)CC3)noc12. The lowest BCUT2D eigenvalue weighted by molar-refractivity contribution is 0.142. The first-order valence-corrected chi connectivity index (χ1v) is 6.44. The molecule has 6 heteroatoms. The predicted octanol–water partition coefficient (Wildman–Crippen LogP) is 2.27. The zero-order valence-electron chi connectivity index (χ0n) is 11.0. The molecule has 1 aliphatic heterocycles. The van der Waals surface area contributed by atoms with Gasteiger partial charge in [-0.25, -0.2) is 4.79 Å². The number of nitrogens with zero attached hydrogens (tertiary/aromatic N) is 3. The molecule has 1 saturated heterocycles. The summed E-state index contributed by atoms with van der Waals surface area (Å²) < 4.78 is 5.41. The Bertz CT molecular complexity index is 657. The first-order chi connectivity index (χ1) is 9.70. The third-order valence-electron chi connectivity index (χ3n) is 3.58. The van der Waals surface area contributed by atoms with Crippen LogP contribution in [0.15, 0.2) is 29.3 Å². The number of carboxylic acid groups (broad SMARTS) is 1. The summed E-state index contributed by atoms with van der Waals surface area (Å²) in [6.07, 6.45) is 0.864. The summed E-state index contributed by atoms with van der Waals surface area (Å²) >= 11 is 0. The molecule has 3 rings (SSSR count). The molecule has 0 aliphatic carbocycles. The van der Waals surface area contributed by atoms with Crippen LogP contribution in [-0.2, 0) is 0 Å². The van der Waals surface area contributed by atoms with Crippen molar-refractivity contribution < 1.29 is 14.4 Å². The van der Waals surface area contributed by atoms with E-state index in [0.717, 1.165) is 22.4 Å². The molecule has 0 bridgehead atoms. The number of carbonyl (C=O) groups is 1. The zero-order valence-corrected chi connectivity index (χ0v) is 11.0. The molecule has 1 N–H and O–H groups in total. The normalized spacial score (nSPS) is 15.6. The first kappa shape index (κ1) is 12.5. The van der Waals surface area contributed by atoms with Crippen LogP contribution in [-0.4, -0.2) is 47.4 Å². The van der Waals surface area contributed by atoms with E-state index in [1.807, 2.05) is 18.2 Å². The van der Waals surface area contributed by atoms with Gasteiger partial charge in [0.05, 0.1) is 5.39 Å². The lowest BCUT2D eigenvalue weighted by Crippen LogP contribution is -2.48. The second-order valence-corrected chi connectivity index (χ2v) is 4.69. The molecule has 1 fully saturated rings. The van der Waals surface area contributed by atoms with Crippen molar-refractivity contribution >= 4 is 29.0 Å². The van der Waals surface area contributed by atoms with Crippen molar-refractivity contribution in [2.45, 2.75) is 0 Å². The molecule has 1 aromatic heterocycles. The van der Waals surface area contributed by atoms with E-state index in [1.165, 1.54) is 4.90 Å². The summed E-state index contributed by atoms with van der Waals surface area (Å²) in [7, 11) is 0. The standard InChI is InChI=1S/C14H15N3O3/c1-2-10-4-3-5-11-12(10)20-15-13(11)16-6-8-17(9-7-16)14(18)19/h2-5H,1,6-9H2,(H,18,19). The van der Waals surface area contributed by atoms with E-state index in [2.05, 4.69) is 16.6 Å². The predicted molar refractivity (Wildman–Crippen MR) is 75.9 cm³/mol. The highest BCUT2D eigenvalue weighted by atomic mass is 16.5. The average molecular weight is 273 g/mol. The van der Waals surface area contributed by atoms with Crippen LogP contribution in [0.25, 0.3) is 17.0 Å². The second-order valence-electron chi connectivity index (χ2n) is 4.69. The quantitative estimate of drug-likeness (QED) is 0.909. The lowest BCUT2D eigenvalue weighted by Gasteiger charge is -2.32. The summed E-state index contributed by atoms with van der Waals surface area (Å²) in [4.78, 5) is 14.4. The van der Waals surface area contributed by atoms with Gasteiger partial charge in [-0.05, 0) is 6.07 Å². The number of para-hydroxylation sites is 1. The topological polar surface area (TPSA) is 69.8 Å². The molecular weight excluding hydrogens is 258 g/mol. The van der Waals surface area contributed by atoms with Gasteiger partial charge in [-0.1, -0.05) is 29.9 Å². The first-order valence-electron chi connectivity index (χ1n) is 6.44. The summed E-state index contributed by atoms with van der Waals surface area (Å²) in [5.41, 5.74) is 1.63. The number of amides is 1. The van der Waals surface area contributed by atoms with Gasteiger partial charge in [-0.3, -0.25) is 0 Å². The van der Waals surface area contributed by atoms with E-state index >= 15 is 0 Å². The van der Waals surface area contributed by atoms with Crippen molar-refractivity contribution in [1.29, 1.82) is 0 Å². The molecule has 0 spiro atoms. The Morgan fingerprint density at radius 1 is 1.35 bits per heavy atom. The number of fused-ring (bicyclic) bond motifs is 1. The van der Waals surface area contributed by atoms with Gasteiger partial charge in [-0.2, -0.15) is 0 Å². The Balaban J connectivity index is 1.89. The van der Waals surface area contributed by atoms with Gasteiger partial charge in [0.25, 0.3) is 0 Å². The molecule has 2 heterocycles. The van der Waals surface area contributed by atoms with Gasteiger partial charge in [0.2, 0.25) is 0 Å². The number of hydrogen-bond acceptors (Lipinski definition) is 4. The van der Waals surface area contributed by atoms with Crippen LogP contribution in [0.2, 0.25) is 0 Å². The molecule has 20 heavy (non-hydrogen) atoms. The van der Waals surface area contributed by atoms with Crippen LogP contribution >= 0.6 is 0 Å². The smallest absolute Gasteiger partial charge is 0.407 e. The van der Waals surface area contributed by atoms with Gasteiger partial charge in [-0.15, -0.1) is 0 Å². The Morgan fingerprint density at radius 3 is 2.75 bits per heavy atom. The molecule has 0 saturated carbocycles. The molecule has 0 radical (unpaired) electrons. The Morgan fingerprint density at radius 2 is 2.10 bits per heavy atom. The maximum Gasteiger partial charge on any atom is 0.407 e. The maximum absolute atomic E-state index is 10.9. The highest BCUT2D eigenvalue weighted by Gasteiger charge is 2.24. The van der Waals surface area contributed by atoms with Crippen LogP contribution < -0.4 is 4.90 Å². The van der Waals surface area contributed by atoms with E-state index in [1.54, 1.807) is 6.08 Å². The van der Waals surface area contributed by atoms with E-state index < -0.39 is 6.09 Å². The average Bonchev–Trinajstić information content (AvgIpc) is 2.91. The van der Waals surface area contributed by atoms with Crippen LogP contribution in [0.1, 0.15) is 5.56 Å². The highest BCUT2D eigenvalue weighted by molar-refractivity contribution is 5.93. The van der Waals surface area contributed by atoms with Gasteiger partial charge >= 0.3 is 6.09 Å². The van der Waals surface area contributed by atoms with Gasteiger partial charge in [0.15, 0.2) is 11.4 Å². The van der Waals surface area contributed by atoms with Crippen LogP contribution in [0, 0.1) is 0 Å². The maximum atomic E-state index is 10.9. The highest BCUT2D eigenvalue weighted by Crippen LogP contribution is 2.29. The van der Waals surface area contributed by atoms with Crippen molar-refractivity contribution in [3.63, 3.8) is 0 Å². The number of piperazine rings is 1. The monoisotopic (exact) mass is 273 g/mol. The van der Waals surface area contributed by atoms with Gasteiger partial charge in [0.1, 0.15) is 0 Å². The van der Waals surface area contributed by atoms with Crippen LogP contribution in [0.5, 0.6) is 0 Å². The van der Waals surface area contributed by atoms with Gasteiger partial charge in [0, 0.05) is 31.7 Å². The number of anilines is 1. The van der Waals surface area contributed by atoms with Crippen LogP contribution in [0.3, 0.4) is 0 Å². The van der Waals surface area contributed by atoms with Gasteiger partial charge < -0.3 is 19.4 Å². The largest absolute Gasteiger partial charge is 0.465 e. The number of rotatable bonds is 2. The molecule has 0 unspecified atom stereocenters. The second kappa shape index (κ2) is 4.88. The molecule has 1 amide bonds. The summed E-state index contributed by atoms with van der Waals surface area (Å²) in [5, 5.41) is 14.0. The number of hydrogen-bond donors (Lipinski definition) is 1. The minimum atomic E-state index is -0.872. The molecular formula is C14H15N3O3. The minimum Gasteiger partial charge on any atom is -0.465 e. The fourth-order valence-electron chi connectivity index (χ4n) is 2.47. The van der Waals surface area contributed by atoms with Crippen molar-refractivity contribution in [3.05, 3.63) is 30.3 Å². The van der Waals surface area contributed by atoms with Crippen LogP contribution in [0.4, 0.5) is 10.6 Å².